The first kappa shape index (κ1) is 17.1. The average Bonchev–Trinajstić information content (AvgIpc) is 2.86. The zero-order valence-corrected chi connectivity index (χ0v) is 11.8. The Morgan fingerprint density at radius 3 is 2.68 bits per heavy atom. The van der Waals surface area contributed by atoms with Gasteiger partial charge in [0, 0.05) is 6.54 Å². The van der Waals surface area contributed by atoms with Crippen molar-refractivity contribution in [2.75, 3.05) is 0 Å². The second-order valence-electron chi connectivity index (χ2n) is 3.75. The molecule has 0 bridgehead atoms. The number of aliphatic hydroxyl groups is 1. The van der Waals surface area contributed by atoms with E-state index in [0.29, 0.717) is 12.2 Å². The fraction of sp³-hybridized carbons (Fsp3) is 0.429. The van der Waals surface area contributed by atoms with Crippen LogP contribution in [0.3, 0.4) is 0 Å². The van der Waals surface area contributed by atoms with E-state index in [0.717, 1.165) is 5.57 Å². The fourth-order valence-electron chi connectivity index (χ4n) is 1.31. The smallest absolute Gasteiger partial charge is 0.136 e. The Labute approximate surface area is 113 Å². The quantitative estimate of drug-likeness (QED) is 0.672. The molecule has 0 fully saturated rings. The molecule has 4 nitrogen and oxygen atoms in total. The molecule has 0 radical (unpaired) electrons. The molecule has 1 aromatic heterocycles. The van der Waals surface area contributed by atoms with E-state index in [1.54, 1.807) is 30.1 Å². The van der Waals surface area contributed by atoms with E-state index in [1.807, 2.05) is 13.8 Å². The zero-order chi connectivity index (χ0) is 14.8. The molecular formula is C14H20FN3O. The second kappa shape index (κ2) is 9.06. The van der Waals surface area contributed by atoms with Crippen molar-refractivity contribution in [3.05, 3.63) is 41.3 Å². The molecule has 104 valence electrons. The molecule has 0 aliphatic rings. The molecule has 0 aromatic carbocycles. The van der Waals surface area contributed by atoms with Crippen LogP contribution in [0.4, 0.5) is 4.39 Å². The van der Waals surface area contributed by atoms with Crippen molar-refractivity contribution in [2.24, 2.45) is 0 Å². The first-order valence-corrected chi connectivity index (χ1v) is 6.12. The lowest BCUT2D eigenvalue weighted by molar-refractivity contribution is 0.271. The van der Waals surface area contributed by atoms with E-state index in [1.165, 1.54) is 13.0 Å². The van der Waals surface area contributed by atoms with E-state index in [9.17, 15) is 4.39 Å². The first-order chi connectivity index (χ1) is 9.08. The zero-order valence-electron chi connectivity index (χ0n) is 11.8. The van der Waals surface area contributed by atoms with Crippen molar-refractivity contribution >= 4 is 0 Å². The molecule has 19 heavy (non-hydrogen) atoms. The summed E-state index contributed by atoms with van der Waals surface area (Å²) in [5.41, 5.74) is 1.46. The molecule has 0 spiro atoms. The van der Waals surface area contributed by atoms with Gasteiger partial charge >= 0.3 is 0 Å². The minimum atomic E-state index is -0.532. The lowest BCUT2D eigenvalue weighted by Gasteiger charge is -2.06. The molecule has 1 aromatic rings. The van der Waals surface area contributed by atoms with Gasteiger partial charge in [-0.1, -0.05) is 19.4 Å². The van der Waals surface area contributed by atoms with Gasteiger partial charge in [0.05, 0.1) is 36.5 Å². The van der Waals surface area contributed by atoms with Gasteiger partial charge in [0.15, 0.2) is 0 Å². The summed E-state index contributed by atoms with van der Waals surface area (Å²) in [5, 5.41) is 17.6. The SMILES string of the molecule is C/C(C#N)=C(F)\C=C(/C)Cn1cncc1CO.CC. The third-order valence-electron chi connectivity index (χ3n) is 2.28. The standard InChI is InChI=1S/C12H14FN3O.C2H6/c1-9(3-12(13)10(2)4-14)6-16-8-15-5-11(16)7-17;1-2/h3,5,8,17H,6-7H2,1-2H3;1-2H3/b9-3+,12-10-;. The largest absolute Gasteiger partial charge is 0.390 e. The summed E-state index contributed by atoms with van der Waals surface area (Å²) >= 11 is 0. The van der Waals surface area contributed by atoms with Crippen molar-refractivity contribution in [3.63, 3.8) is 0 Å². The Kier molecular flexibility index (Phi) is 8.14. The number of hydrogen-bond donors (Lipinski definition) is 1. The Hall–Kier alpha value is -1.93. The second-order valence-corrected chi connectivity index (χ2v) is 3.75. The Balaban J connectivity index is 0.00000154. The number of allylic oxidation sites excluding steroid dienone is 4. The number of imidazole rings is 1. The minimum Gasteiger partial charge on any atom is -0.390 e. The number of hydrogen-bond acceptors (Lipinski definition) is 3. The summed E-state index contributed by atoms with van der Waals surface area (Å²) in [7, 11) is 0. The van der Waals surface area contributed by atoms with E-state index in [2.05, 4.69) is 4.98 Å². The Bertz CT molecular complexity index is 495. The van der Waals surface area contributed by atoms with Crippen LogP contribution in [0.2, 0.25) is 0 Å². The van der Waals surface area contributed by atoms with Crippen LogP contribution in [-0.4, -0.2) is 14.7 Å². The van der Waals surface area contributed by atoms with Gasteiger partial charge in [0.25, 0.3) is 0 Å². The molecule has 0 unspecified atom stereocenters. The van der Waals surface area contributed by atoms with Crippen LogP contribution < -0.4 is 0 Å². The van der Waals surface area contributed by atoms with E-state index in [-0.39, 0.29) is 12.2 Å². The number of halogens is 1. The number of aromatic nitrogens is 2. The van der Waals surface area contributed by atoms with Gasteiger partial charge in [-0.2, -0.15) is 5.26 Å². The van der Waals surface area contributed by atoms with Gasteiger partial charge in [-0.25, -0.2) is 9.37 Å². The van der Waals surface area contributed by atoms with Crippen LogP contribution in [0.1, 0.15) is 33.4 Å². The van der Waals surface area contributed by atoms with Crippen LogP contribution >= 0.6 is 0 Å². The molecule has 1 N–H and O–H groups in total. The fourth-order valence-corrected chi connectivity index (χ4v) is 1.31. The number of nitrogens with zero attached hydrogens (tertiary/aromatic N) is 3. The highest BCUT2D eigenvalue weighted by Crippen LogP contribution is 2.11. The maximum absolute atomic E-state index is 13.4. The van der Waals surface area contributed by atoms with E-state index >= 15 is 0 Å². The van der Waals surface area contributed by atoms with Crippen LogP contribution in [-0.2, 0) is 13.2 Å². The molecule has 0 atom stereocenters. The van der Waals surface area contributed by atoms with Crippen molar-refractivity contribution < 1.29 is 9.50 Å². The summed E-state index contributed by atoms with van der Waals surface area (Å²) < 4.78 is 15.1. The topological polar surface area (TPSA) is 61.8 Å². The number of aliphatic hydroxyl groups excluding tert-OH is 1. The highest BCUT2D eigenvalue weighted by atomic mass is 19.1. The molecule has 0 saturated heterocycles. The molecule has 1 rings (SSSR count). The number of nitriles is 1. The number of rotatable bonds is 4. The van der Waals surface area contributed by atoms with E-state index in [4.69, 9.17) is 10.4 Å². The molecule has 1 heterocycles. The van der Waals surface area contributed by atoms with Crippen LogP contribution in [0.15, 0.2) is 35.6 Å². The summed E-state index contributed by atoms with van der Waals surface area (Å²) in [5.74, 6) is -0.532. The third-order valence-corrected chi connectivity index (χ3v) is 2.28. The molecule has 0 amide bonds. The van der Waals surface area contributed by atoms with Crippen LogP contribution in [0.25, 0.3) is 0 Å². The van der Waals surface area contributed by atoms with Crippen molar-refractivity contribution in [1.82, 2.24) is 9.55 Å². The predicted octanol–water partition coefficient (Wildman–Crippen LogP) is 3.11. The molecule has 0 aliphatic heterocycles. The molecule has 5 heteroatoms. The van der Waals surface area contributed by atoms with Gasteiger partial charge < -0.3 is 9.67 Å². The molecule has 0 saturated carbocycles. The van der Waals surface area contributed by atoms with Gasteiger partial charge in [-0.15, -0.1) is 0 Å². The normalized spacial score (nSPS) is 12.2. The van der Waals surface area contributed by atoms with E-state index < -0.39 is 5.83 Å². The minimum absolute atomic E-state index is 0.0531. The maximum Gasteiger partial charge on any atom is 0.136 e. The van der Waals surface area contributed by atoms with Crippen LogP contribution in [0.5, 0.6) is 0 Å². The van der Waals surface area contributed by atoms with Gasteiger partial charge in [-0.05, 0) is 19.9 Å². The van der Waals surface area contributed by atoms with Gasteiger partial charge in [0.1, 0.15) is 5.83 Å². The Morgan fingerprint density at radius 2 is 2.16 bits per heavy atom. The summed E-state index contributed by atoms with van der Waals surface area (Å²) in [6.45, 7) is 7.51. The monoisotopic (exact) mass is 265 g/mol. The van der Waals surface area contributed by atoms with Gasteiger partial charge in [0.2, 0.25) is 0 Å². The van der Waals surface area contributed by atoms with Crippen molar-refractivity contribution in [3.8, 4) is 6.07 Å². The predicted molar refractivity (Wildman–Crippen MR) is 72.7 cm³/mol. The highest BCUT2D eigenvalue weighted by molar-refractivity contribution is 5.30. The maximum atomic E-state index is 13.4. The molecule has 0 aliphatic carbocycles. The first-order valence-electron chi connectivity index (χ1n) is 6.12. The lowest BCUT2D eigenvalue weighted by atomic mass is 10.2. The summed E-state index contributed by atoms with van der Waals surface area (Å²) in [6, 6.07) is 1.75. The Morgan fingerprint density at radius 1 is 1.53 bits per heavy atom. The summed E-state index contributed by atoms with van der Waals surface area (Å²) in [6.07, 6.45) is 4.45. The average molecular weight is 265 g/mol. The molecular weight excluding hydrogens is 245 g/mol. The highest BCUT2D eigenvalue weighted by Gasteiger charge is 2.03. The lowest BCUT2D eigenvalue weighted by Crippen LogP contribution is -2.02. The third kappa shape index (κ3) is 5.49. The van der Waals surface area contributed by atoms with Crippen molar-refractivity contribution in [2.45, 2.75) is 40.8 Å². The van der Waals surface area contributed by atoms with Gasteiger partial charge in [-0.3, -0.25) is 0 Å². The van der Waals surface area contributed by atoms with Crippen LogP contribution in [0, 0.1) is 11.3 Å². The summed E-state index contributed by atoms with van der Waals surface area (Å²) in [4.78, 5) is 3.89. The van der Waals surface area contributed by atoms with Crippen molar-refractivity contribution in [1.29, 1.82) is 5.26 Å².